The van der Waals surface area contributed by atoms with Gasteiger partial charge in [-0.1, -0.05) is 0 Å². The average molecular weight is 345 g/mol. The lowest BCUT2D eigenvalue weighted by molar-refractivity contribution is -0.116. The number of imidazole rings is 1. The molecule has 24 heavy (non-hydrogen) atoms. The first-order valence-electron chi connectivity index (χ1n) is 7.60. The number of carbonyl (C=O) groups excluding carboxylic acids is 1. The Morgan fingerprint density at radius 2 is 2.29 bits per heavy atom. The number of rotatable bonds is 6. The van der Waals surface area contributed by atoms with Crippen molar-refractivity contribution in [1.82, 2.24) is 9.38 Å². The number of aliphatic hydroxyl groups excluding tert-OH is 1. The van der Waals surface area contributed by atoms with E-state index in [1.165, 1.54) is 0 Å². The van der Waals surface area contributed by atoms with E-state index in [1.54, 1.807) is 36.6 Å². The maximum absolute atomic E-state index is 12.2. The molecule has 2 heterocycles. The first-order valence-corrected chi connectivity index (χ1v) is 8.48. The van der Waals surface area contributed by atoms with E-state index in [0.29, 0.717) is 29.8 Å². The number of ether oxygens (including phenoxy) is 1. The molecule has 3 aromatic rings. The molecule has 0 saturated heterocycles. The van der Waals surface area contributed by atoms with Gasteiger partial charge in [0, 0.05) is 34.9 Å². The molecule has 0 radical (unpaired) electrons. The normalized spacial score (nSPS) is 11.0. The maximum atomic E-state index is 12.2. The third kappa shape index (κ3) is 3.42. The van der Waals surface area contributed by atoms with E-state index in [1.807, 2.05) is 22.9 Å². The molecular weight excluding hydrogens is 326 g/mol. The predicted molar refractivity (Wildman–Crippen MR) is 93.7 cm³/mol. The molecule has 0 atom stereocenters. The summed E-state index contributed by atoms with van der Waals surface area (Å²) in [6.07, 6.45) is 3.00. The number of aryl methyl sites for hydroxylation is 2. The van der Waals surface area contributed by atoms with Crippen molar-refractivity contribution >= 4 is 27.9 Å². The van der Waals surface area contributed by atoms with Gasteiger partial charge in [-0.2, -0.15) is 0 Å². The van der Waals surface area contributed by atoms with E-state index in [2.05, 4.69) is 10.3 Å². The van der Waals surface area contributed by atoms with Crippen molar-refractivity contribution in [2.24, 2.45) is 0 Å². The van der Waals surface area contributed by atoms with Crippen LogP contribution in [0.25, 0.3) is 4.96 Å². The first-order chi connectivity index (χ1) is 11.6. The lowest BCUT2D eigenvalue weighted by Gasteiger charge is -2.10. The van der Waals surface area contributed by atoms with Gasteiger partial charge in [-0.3, -0.25) is 9.20 Å². The Morgan fingerprint density at radius 1 is 1.46 bits per heavy atom. The zero-order valence-electron chi connectivity index (χ0n) is 13.6. The molecule has 6 nitrogen and oxygen atoms in total. The van der Waals surface area contributed by atoms with Gasteiger partial charge in [-0.25, -0.2) is 4.98 Å². The van der Waals surface area contributed by atoms with Crippen LogP contribution >= 0.6 is 11.3 Å². The van der Waals surface area contributed by atoms with Crippen molar-refractivity contribution in [1.29, 1.82) is 0 Å². The van der Waals surface area contributed by atoms with E-state index in [4.69, 9.17) is 4.74 Å². The SMILES string of the molecule is COc1ccc(NC(=O)CCc2csc3nc(C)cn23)cc1CO. The molecule has 0 unspecified atom stereocenters. The molecule has 0 bridgehead atoms. The highest BCUT2D eigenvalue weighted by atomic mass is 32.1. The summed E-state index contributed by atoms with van der Waals surface area (Å²) in [5.41, 5.74) is 3.35. The van der Waals surface area contributed by atoms with Gasteiger partial charge in [0.15, 0.2) is 4.96 Å². The zero-order valence-corrected chi connectivity index (χ0v) is 14.4. The zero-order chi connectivity index (χ0) is 17.1. The van der Waals surface area contributed by atoms with Crippen molar-refractivity contribution in [2.45, 2.75) is 26.4 Å². The van der Waals surface area contributed by atoms with Crippen molar-refractivity contribution in [2.75, 3.05) is 12.4 Å². The molecular formula is C17H19N3O3S. The van der Waals surface area contributed by atoms with Crippen LogP contribution in [0.2, 0.25) is 0 Å². The van der Waals surface area contributed by atoms with E-state index >= 15 is 0 Å². The molecule has 2 aromatic heterocycles. The van der Waals surface area contributed by atoms with Gasteiger partial charge in [-0.05, 0) is 31.5 Å². The number of methoxy groups -OCH3 is 1. The van der Waals surface area contributed by atoms with Gasteiger partial charge in [0.2, 0.25) is 5.91 Å². The molecule has 2 N–H and O–H groups in total. The van der Waals surface area contributed by atoms with Gasteiger partial charge in [-0.15, -0.1) is 11.3 Å². The van der Waals surface area contributed by atoms with Crippen molar-refractivity contribution in [3.05, 3.63) is 46.7 Å². The molecule has 0 saturated carbocycles. The summed E-state index contributed by atoms with van der Waals surface area (Å²) in [6.45, 7) is 1.82. The Kier molecular flexibility index (Phi) is 4.82. The minimum absolute atomic E-state index is 0.0692. The number of aromatic nitrogens is 2. The number of nitrogens with one attached hydrogen (secondary N) is 1. The van der Waals surface area contributed by atoms with Gasteiger partial charge < -0.3 is 15.2 Å². The van der Waals surface area contributed by atoms with Gasteiger partial charge in [0.05, 0.1) is 19.4 Å². The van der Waals surface area contributed by atoms with E-state index in [0.717, 1.165) is 16.3 Å². The van der Waals surface area contributed by atoms with Crippen LogP contribution in [0.4, 0.5) is 5.69 Å². The smallest absolute Gasteiger partial charge is 0.224 e. The summed E-state index contributed by atoms with van der Waals surface area (Å²) < 4.78 is 7.19. The fourth-order valence-corrected chi connectivity index (χ4v) is 3.52. The first kappa shape index (κ1) is 16.5. The third-order valence-electron chi connectivity index (χ3n) is 3.75. The summed E-state index contributed by atoms with van der Waals surface area (Å²) in [7, 11) is 1.55. The standard InChI is InChI=1S/C17H19N3O3S/c1-11-8-20-14(10-24-17(20)18-11)4-6-16(22)19-13-3-5-15(23-2)12(7-13)9-21/h3,5,7-8,10,21H,4,6,9H2,1-2H3,(H,19,22). The Bertz CT molecular complexity index is 869. The van der Waals surface area contributed by atoms with Crippen LogP contribution in [-0.2, 0) is 17.8 Å². The van der Waals surface area contributed by atoms with Gasteiger partial charge in [0.25, 0.3) is 0 Å². The number of hydrogen-bond donors (Lipinski definition) is 2. The average Bonchev–Trinajstić information content (AvgIpc) is 3.12. The fourth-order valence-electron chi connectivity index (χ4n) is 2.57. The Hall–Kier alpha value is -2.38. The van der Waals surface area contributed by atoms with Crippen LogP contribution in [0.15, 0.2) is 29.8 Å². The number of nitrogens with zero attached hydrogens (tertiary/aromatic N) is 2. The van der Waals surface area contributed by atoms with Crippen LogP contribution in [0.1, 0.15) is 23.4 Å². The number of aliphatic hydroxyl groups is 1. The monoisotopic (exact) mass is 345 g/mol. The fraction of sp³-hybridized carbons (Fsp3) is 0.294. The van der Waals surface area contributed by atoms with Crippen LogP contribution in [0.3, 0.4) is 0 Å². The molecule has 0 spiro atoms. The Balaban J connectivity index is 1.63. The number of carbonyl (C=O) groups is 1. The number of thiazole rings is 1. The number of fused-ring (bicyclic) bond motifs is 1. The molecule has 3 rings (SSSR count). The number of amides is 1. The van der Waals surface area contributed by atoms with Crippen LogP contribution < -0.4 is 10.1 Å². The van der Waals surface area contributed by atoms with Crippen LogP contribution in [-0.4, -0.2) is 27.5 Å². The van der Waals surface area contributed by atoms with Gasteiger partial charge >= 0.3 is 0 Å². The molecule has 0 fully saturated rings. The van der Waals surface area contributed by atoms with E-state index in [-0.39, 0.29) is 12.5 Å². The summed E-state index contributed by atoms with van der Waals surface area (Å²) >= 11 is 1.58. The second-order valence-electron chi connectivity index (χ2n) is 5.49. The predicted octanol–water partition coefficient (Wildman–Crippen LogP) is 2.78. The molecule has 1 aromatic carbocycles. The van der Waals surface area contributed by atoms with Crippen LogP contribution in [0, 0.1) is 6.92 Å². The maximum Gasteiger partial charge on any atom is 0.224 e. The molecule has 7 heteroatoms. The Labute approximate surface area is 143 Å². The summed E-state index contributed by atoms with van der Waals surface area (Å²) in [4.78, 5) is 17.5. The minimum atomic E-state index is -0.139. The molecule has 126 valence electrons. The lowest BCUT2D eigenvalue weighted by Crippen LogP contribution is -2.13. The molecule has 1 amide bonds. The minimum Gasteiger partial charge on any atom is -0.496 e. The second kappa shape index (κ2) is 7.02. The third-order valence-corrected chi connectivity index (χ3v) is 4.64. The highest BCUT2D eigenvalue weighted by Crippen LogP contribution is 2.23. The highest BCUT2D eigenvalue weighted by molar-refractivity contribution is 7.15. The highest BCUT2D eigenvalue weighted by Gasteiger charge is 2.10. The van der Waals surface area contributed by atoms with Crippen molar-refractivity contribution < 1.29 is 14.6 Å². The molecule has 0 aliphatic rings. The quantitative estimate of drug-likeness (QED) is 0.720. The largest absolute Gasteiger partial charge is 0.496 e. The van der Waals surface area contributed by atoms with Crippen molar-refractivity contribution in [3.63, 3.8) is 0 Å². The van der Waals surface area contributed by atoms with E-state index < -0.39 is 0 Å². The van der Waals surface area contributed by atoms with Gasteiger partial charge in [0.1, 0.15) is 5.75 Å². The summed E-state index contributed by atoms with van der Waals surface area (Å²) in [5, 5.41) is 14.2. The summed E-state index contributed by atoms with van der Waals surface area (Å²) in [5.74, 6) is 0.534. The molecule has 0 aliphatic carbocycles. The van der Waals surface area contributed by atoms with Crippen molar-refractivity contribution in [3.8, 4) is 5.75 Å². The second-order valence-corrected chi connectivity index (χ2v) is 6.33. The topological polar surface area (TPSA) is 75.9 Å². The number of hydrogen-bond acceptors (Lipinski definition) is 5. The van der Waals surface area contributed by atoms with E-state index in [9.17, 15) is 9.90 Å². The van der Waals surface area contributed by atoms with Crippen LogP contribution in [0.5, 0.6) is 5.75 Å². The molecule has 0 aliphatic heterocycles. The number of benzene rings is 1. The Morgan fingerprint density at radius 3 is 3.04 bits per heavy atom. The summed E-state index contributed by atoms with van der Waals surface area (Å²) in [6, 6.07) is 5.22. The lowest BCUT2D eigenvalue weighted by atomic mass is 10.1. The number of anilines is 1.